The molecule has 24 heavy (non-hydrogen) atoms. The van der Waals surface area contributed by atoms with E-state index in [1.54, 1.807) is 0 Å². The summed E-state index contributed by atoms with van der Waals surface area (Å²) in [6.45, 7) is -0.0254. The largest absolute Gasteiger partial charge is 0.319 e. The number of rotatable bonds is 5. The topological polar surface area (TPSA) is 88.2 Å². The van der Waals surface area contributed by atoms with Crippen LogP contribution in [0.2, 0.25) is 15.1 Å². The van der Waals surface area contributed by atoms with Gasteiger partial charge in [-0.05, 0) is 24.3 Å². The van der Waals surface area contributed by atoms with Crippen LogP contribution in [0.5, 0.6) is 0 Å². The van der Waals surface area contributed by atoms with Gasteiger partial charge in [0.15, 0.2) is 0 Å². The zero-order valence-electron chi connectivity index (χ0n) is 12.3. The molecule has 0 aliphatic rings. The second-order valence-electron chi connectivity index (χ2n) is 4.83. The lowest BCUT2D eigenvalue weighted by Crippen LogP contribution is -2.22. The molecule has 10 heteroatoms. The van der Waals surface area contributed by atoms with Crippen molar-refractivity contribution in [3.63, 3.8) is 0 Å². The van der Waals surface area contributed by atoms with E-state index in [1.807, 2.05) is 0 Å². The normalized spacial score (nSPS) is 11.3. The van der Waals surface area contributed by atoms with Gasteiger partial charge >= 0.3 is 0 Å². The van der Waals surface area contributed by atoms with Crippen molar-refractivity contribution in [2.45, 2.75) is 6.54 Å². The van der Waals surface area contributed by atoms with Gasteiger partial charge in [-0.1, -0.05) is 34.8 Å². The van der Waals surface area contributed by atoms with Gasteiger partial charge < -0.3 is 5.32 Å². The zero-order valence-corrected chi connectivity index (χ0v) is 15.4. The number of halogens is 3. The number of carbonyl (C=O) groups is 1. The van der Waals surface area contributed by atoms with Crippen molar-refractivity contribution in [1.82, 2.24) is 9.71 Å². The van der Waals surface area contributed by atoms with Gasteiger partial charge in [0.1, 0.15) is 0 Å². The zero-order chi connectivity index (χ0) is 17.9. The fourth-order valence-corrected chi connectivity index (χ4v) is 3.09. The first kappa shape index (κ1) is 19.0. The number of sulfonamides is 1. The number of pyridine rings is 1. The van der Waals surface area contributed by atoms with Crippen molar-refractivity contribution in [2.24, 2.45) is 0 Å². The number of nitrogens with zero attached hydrogens (tertiary/aromatic N) is 1. The average molecular weight is 409 g/mol. The molecule has 2 aromatic rings. The minimum absolute atomic E-state index is 0.0254. The lowest BCUT2D eigenvalue weighted by atomic mass is 10.2. The lowest BCUT2D eigenvalue weighted by molar-refractivity contribution is 0.102. The Bertz CT molecular complexity index is 865. The molecular weight excluding hydrogens is 397 g/mol. The number of amides is 1. The number of nitrogens with one attached hydrogen (secondary N) is 2. The van der Waals surface area contributed by atoms with E-state index in [2.05, 4.69) is 15.0 Å². The van der Waals surface area contributed by atoms with Crippen LogP contribution in [-0.4, -0.2) is 25.6 Å². The van der Waals surface area contributed by atoms with Crippen LogP contribution >= 0.6 is 34.8 Å². The molecule has 0 unspecified atom stereocenters. The molecule has 0 fully saturated rings. The highest BCUT2D eigenvalue weighted by Gasteiger charge is 2.14. The Hall–Kier alpha value is -1.38. The first-order valence-electron chi connectivity index (χ1n) is 6.51. The monoisotopic (exact) mass is 407 g/mol. The van der Waals surface area contributed by atoms with Gasteiger partial charge in [-0.15, -0.1) is 0 Å². The van der Waals surface area contributed by atoms with E-state index in [0.717, 1.165) is 6.26 Å². The Balaban J connectivity index is 2.19. The van der Waals surface area contributed by atoms with E-state index in [0.29, 0.717) is 10.7 Å². The minimum Gasteiger partial charge on any atom is -0.319 e. The van der Waals surface area contributed by atoms with Crippen LogP contribution in [0.25, 0.3) is 0 Å². The molecule has 0 saturated carbocycles. The van der Waals surface area contributed by atoms with Gasteiger partial charge in [0.25, 0.3) is 5.91 Å². The summed E-state index contributed by atoms with van der Waals surface area (Å²) in [6, 6.07) is 5.86. The van der Waals surface area contributed by atoms with Gasteiger partial charge in [0.2, 0.25) is 10.0 Å². The Kier molecular flexibility index (Phi) is 6.06. The van der Waals surface area contributed by atoms with Crippen molar-refractivity contribution in [1.29, 1.82) is 0 Å². The summed E-state index contributed by atoms with van der Waals surface area (Å²) < 4.78 is 24.5. The van der Waals surface area contributed by atoms with E-state index < -0.39 is 15.9 Å². The molecule has 0 aliphatic heterocycles. The van der Waals surface area contributed by atoms with Crippen LogP contribution < -0.4 is 10.0 Å². The molecule has 0 saturated heterocycles. The molecular formula is C14H12Cl3N3O3S. The number of carbonyl (C=O) groups excluding carboxylic acids is 1. The summed E-state index contributed by atoms with van der Waals surface area (Å²) >= 11 is 17.9. The second kappa shape index (κ2) is 7.67. The Labute approximate surface area is 154 Å². The quantitative estimate of drug-likeness (QED) is 0.794. The molecule has 1 aromatic heterocycles. The third kappa shape index (κ3) is 5.32. The SMILES string of the molecule is CS(=O)(=O)NCc1cc(C(=O)Nc2c(Cl)cc(Cl)cc2Cl)ccn1. The molecule has 2 rings (SSSR count). The van der Waals surface area contributed by atoms with Crippen molar-refractivity contribution < 1.29 is 13.2 Å². The summed E-state index contributed by atoms with van der Waals surface area (Å²) in [5.74, 6) is -0.468. The Morgan fingerprint density at radius 2 is 1.79 bits per heavy atom. The highest BCUT2D eigenvalue weighted by atomic mass is 35.5. The van der Waals surface area contributed by atoms with E-state index in [4.69, 9.17) is 34.8 Å². The third-order valence-corrected chi connectivity index (χ3v) is 4.32. The molecule has 1 heterocycles. The summed E-state index contributed by atoms with van der Waals surface area (Å²) in [5.41, 5.74) is 0.902. The highest BCUT2D eigenvalue weighted by molar-refractivity contribution is 7.88. The molecule has 128 valence electrons. The van der Waals surface area contributed by atoms with Crippen molar-refractivity contribution in [2.75, 3.05) is 11.6 Å². The minimum atomic E-state index is -3.36. The highest BCUT2D eigenvalue weighted by Crippen LogP contribution is 2.33. The molecule has 0 radical (unpaired) electrons. The predicted octanol–water partition coefficient (Wildman–Crippen LogP) is 3.34. The first-order valence-corrected chi connectivity index (χ1v) is 9.54. The van der Waals surface area contributed by atoms with Crippen molar-refractivity contribution in [3.05, 3.63) is 56.8 Å². The van der Waals surface area contributed by atoms with Crippen molar-refractivity contribution >= 4 is 56.4 Å². The summed E-state index contributed by atoms with van der Waals surface area (Å²) in [6.07, 6.45) is 2.44. The Morgan fingerprint density at radius 1 is 1.17 bits per heavy atom. The van der Waals surface area contributed by atoms with Crippen LogP contribution in [0.4, 0.5) is 5.69 Å². The van der Waals surface area contributed by atoms with Crippen LogP contribution in [0.3, 0.4) is 0 Å². The maximum Gasteiger partial charge on any atom is 0.255 e. The molecule has 0 bridgehead atoms. The van der Waals surface area contributed by atoms with Gasteiger partial charge in [-0.25, -0.2) is 13.1 Å². The fourth-order valence-electron chi connectivity index (χ4n) is 1.77. The van der Waals surface area contributed by atoms with Gasteiger partial charge in [-0.2, -0.15) is 0 Å². The summed E-state index contributed by atoms with van der Waals surface area (Å²) in [7, 11) is -3.36. The Morgan fingerprint density at radius 3 is 2.38 bits per heavy atom. The molecule has 0 spiro atoms. The maximum atomic E-state index is 12.3. The summed E-state index contributed by atoms with van der Waals surface area (Å²) in [5, 5.41) is 3.35. The molecule has 1 aromatic carbocycles. The standard InChI is InChI=1S/C14H12Cl3N3O3S/c1-24(22,23)19-7-10-4-8(2-3-18-10)14(21)20-13-11(16)5-9(15)6-12(13)17/h2-6,19H,7H2,1H3,(H,20,21). The first-order chi connectivity index (χ1) is 11.2. The van der Waals surface area contributed by atoms with Crippen molar-refractivity contribution in [3.8, 4) is 0 Å². The molecule has 0 atom stereocenters. The van der Waals surface area contributed by atoms with Gasteiger partial charge in [-0.3, -0.25) is 9.78 Å². The van der Waals surface area contributed by atoms with E-state index in [1.165, 1.54) is 30.5 Å². The van der Waals surface area contributed by atoms with Crippen LogP contribution in [-0.2, 0) is 16.6 Å². The summed E-state index contributed by atoms with van der Waals surface area (Å²) in [4.78, 5) is 16.3. The number of anilines is 1. The number of aromatic nitrogens is 1. The fraction of sp³-hybridized carbons (Fsp3) is 0.143. The molecule has 0 aliphatic carbocycles. The number of hydrogen-bond acceptors (Lipinski definition) is 4. The van der Waals surface area contributed by atoms with Gasteiger partial charge in [0.05, 0.1) is 34.2 Å². The van der Waals surface area contributed by atoms with E-state index in [-0.39, 0.29) is 27.8 Å². The number of benzene rings is 1. The van der Waals surface area contributed by atoms with Crippen LogP contribution in [0.1, 0.15) is 16.1 Å². The second-order valence-corrected chi connectivity index (χ2v) is 7.91. The van der Waals surface area contributed by atoms with E-state index in [9.17, 15) is 13.2 Å². The molecule has 6 nitrogen and oxygen atoms in total. The molecule has 2 N–H and O–H groups in total. The number of hydrogen-bond donors (Lipinski definition) is 2. The molecule has 1 amide bonds. The lowest BCUT2D eigenvalue weighted by Gasteiger charge is -2.10. The predicted molar refractivity (Wildman–Crippen MR) is 95.3 cm³/mol. The van der Waals surface area contributed by atoms with Crippen LogP contribution in [0, 0.1) is 0 Å². The maximum absolute atomic E-state index is 12.3. The van der Waals surface area contributed by atoms with Gasteiger partial charge in [0, 0.05) is 16.8 Å². The smallest absolute Gasteiger partial charge is 0.255 e. The van der Waals surface area contributed by atoms with E-state index >= 15 is 0 Å². The third-order valence-electron chi connectivity index (χ3n) is 2.84. The van der Waals surface area contributed by atoms with Crippen LogP contribution in [0.15, 0.2) is 30.5 Å². The average Bonchev–Trinajstić information content (AvgIpc) is 2.48.